The summed E-state index contributed by atoms with van der Waals surface area (Å²) in [5, 5.41) is 0. The molecular weight excluding hydrogens is 398 g/mol. The number of sulfonamides is 1. The van der Waals surface area contributed by atoms with E-state index >= 15 is 0 Å². The zero-order valence-corrected chi connectivity index (χ0v) is 17.8. The molecule has 0 saturated carbocycles. The minimum Gasteiger partial charge on any atom is -0.497 e. The Balaban J connectivity index is 2.30. The van der Waals surface area contributed by atoms with Gasteiger partial charge in [-0.2, -0.15) is 4.31 Å². The number of rotatable bonds is 7. The minimum atomic E-state index is -3.67. The van der Waals surface area contributed by atoms with Gasteiger partial charge in [0.05, 0.1) is 17.8 Å². The van der Waals surface area contributed by atoms with Crippen molar-refractivity contribution in [3.63, 3.8) is 0 Å². The first kappa shape index (κ1) is 21.5. The number of methoxy groups -OCH3 is 1. The molecule has 0 spiro atoms. The van der Waals surface area contributed by atoms with Crippen molar-refractivity contribution in [2.24, 2.45) is 0 Å². The minimum absolute atomic E-state index is 0.139. The lowest BCUT2D eigenvalue weighted by molar-refractivity contribution is 0.239. The first-order valence-corrected chi connectivity index (χ1v) is 12.6. The van der Waals surface area contributed by atoms with Gasteiger partial charge in [0.15, 0.2) is 0 Å². The van der Waals surface area contributed by atoms with Gasteiger partial charge in [0, 0.05) is 23.3 Å². The molecule has 1 heterocycles. The molecular formula is C17H26ClNO5S2. The second-order valence-corrected chi connectivity index (χ2v) is 11.5. The third kappa shape index (κ3) is 5.12. The van der Waals surface area contributed by atoms with E-state index in [1.54, 1.807) is 37.4 Å². The summed E-state index contributed by atoms with van der Waals surface area (Å²) >= 11 is 0. The zero-order valence-electron chi connectivity index (χ0n) is 15.4. The summed E-state index contributed by atoms with van der Waals surface area (Å²) in [4.78, 5) is 0.315. The van der Waals surface area contributed by atoms with E-state index in [0.717, 1.165) is 19.3 Å². The lowest BCUT2D eigenvalue weighted by atomic mass is 10.0. The summed E-state index contributed by atoms with van der Waals surface area (Å²) in [6, 6.07) is 3.24. The van der Waals surface area contributed by atoms with Gasteiger partial charge >= 0.3 is 0 Å². The Kier molecular flexibility index (Phi) is 6.98. The molecule has 148 valence electrons. The van der Waals surface area contributed by atoms with Gasteiger partial charge in [-0.3, -0.25) is 0 Å². The van der Waals surface area contributed by atoms with E-state index in [0.29, 0.717) is 41.2 Å². The van der Waals surface area contributed by atoms with Crippen molar-refractivity contribution < 1.29 is 21.6 Å². The fraction of sp³-hybridized carbons (Fsp3) is 0.647. The van der Waals surface area contributed by atoms with Crippen molar-refractivity contribution in [3.8, 4) is 5.75 Å². The van der Waals surface area contributed by atoms with Gasteiger partial charge in [-0.25, -0.2) is 16.8 Å². The summed E-state index contributed by atoms with van der Waals surface area (Å²) in [5.41, 5.74) is 1.30. The summed E-state index contributed by atoms with van der Waals surface area (Å²) in [6.07, 6.45) is 3.31. The average molecular weight is 424 g/mol. The SMILES string of the molecule is COc1cc(C)c(S(=O)(=O)N2CCCCC2CCCS(=O)(=O)Cl)c(C)c1. The molecule has 0 aromatic heterocycles. The Morgan fingerprint density at radius 2 is 1.77 bits per heavy atom. The van der Waals surface area contributed by atoms with Crippen LogP contribution in [0.3, 0.4) is 0 Å². The first-order chi connectivity index (χ1) is 12.1. The molecule has 1 aliphatic heterocycles. The topological polar surface area (TPSA) is 80.8 Å². The summed E-state index contributed by atoms with van der Waals surface area (Å²) in [7, 11) is -0.408. The highest BCUT2D eigenvalue weighted by molar-refractivity contribution is 8.13. The van der Waals surface area contributed by atoms with Gasteiger partial charge in [-0.15, -0.1) is 0 Å². The Bertz CT molecular complexity index is 829. The van der Waals surface area contributed by atoms with E-state index in [1.807, 2.05) is 0 Å². The molecule has 1 saturated heterocycles. The molecule has 1 aliphatic rings. The fourth-order valence-electron chi connectivity index (χ4n) is 3.62. The fourth-order valence-corrected chi connectivity index (χ4v) is 6.60. The molecule has 9 heteroatoms. The van der Waals surface area contributed by atoms with Gasteiger partial charge in [-0.1, -0.05) is 6.42 Å². The molecule has 0 amide bonds. The molecule has 1 fully saturated rings. The summed E-state index contributed by atoms with van der Waals surface area (Å²) in [6.45, 7) is 3.98. The van der Waals surface area contributed by atoms with Crippen LogP contribution in [0.25, 0.3) is 0 Å². The normalized spacial score (nSPS) is 19.5. The van der Waals surface area contributed by atoms with Gasteiger partial charge in [0.2, 0.25) is 19.1 Å². The zero-order chi connectivity index (χ0) is 19.5. The van der Waals surface area contributed by atoms with Gasteiger partial charge < -0.3 is 4.74 Å². The smallest absolute Gasteiger partial charge is 0.243 e. The molecule has 0 aliphatic carbocycles. The van der Waals surface area contributed by atoms with Crippen molar-refractivity contribution in [2.75, 3.05) is 19.4 Å². The number of halogens is 1. The summed E-state index contributed by atoms with van der Waals surface area (Å²) in [5.74, 6) is 0.487. The molecule has 1 aromatic rings. The van der Waals surface area contributed by atoms with Crippen molar-refractivity contribution in [1.29, 1.82) is 0 Å². The average Bonchev–Trinajstić information content (AvgIpc) is 2.53. The van der Waals surface area contributed by atoms with Crippen LogP contribution in [-0.4, -0.2) is 46.6 Å². The van der Waals surface area contributed by atoms with Crippen LogP contribution in [0.5, 0.6) is 5.75 Å². The van der Waals surface area contributed by atoms with E-state index in [4.69, 9.17) is 15.4 Å². The van der Waals surface area contributed by atoms with Crippen LogP contribution in [0.15, 0.2) is 17.0 Å². The van der Waals surface area contributed by atoms with E-state index in [-0.39, 0.29) is 11.8 Å². The molecule has 1 atom stereocenters. The predicted octanol–water partition coefficient (Wildman–Crippen LogP) is 3.20. The Morgan fingerprint density at radius 1 is 1.15 bits per heavy atom. The van der Waals surface area contributed by atoms with Crippen molar-refractivity contribution in [2.45, 2.75) is 56.9 Å². The predicted molar refractivity (Wildman–Crippen MR) is 103 cm³/mol. The highest BCUT2D eigenvalue weighted by atomic mass is 35.7. The number of aryl methyl sites for hydroxylation is 2. The highest BCUT2D eigenvalue weighted by Crippen LogP contribution is 2.33. The molecule has 6 nitrogen and oxygen atoms in total. The van der Waals surface area contributed by atoms with Crippen LogP contribution in [0.1, 0.15) is 43.2 Å². The summed E-state index contributed by atoms with van der Waals surface area (Å²) < 4.78 is 55.7. The van der Waals surface area contributed by atoms with Crippen LogP contribution < -0.4 is 4.74 Å². The Labute approximate surface area is 161 Å². The number of nitrogens with zero attached hydrogens (tertiary/aromatic N) is 1. The van der Waals surface area contributed by atoms with Gasteiger partial charge in [0.25, 0.3) is 0 Å². The third-order valence-electron chi connectivity index (χ3n) is 4.73. The van der Waals surface area contributed by atoms with Crippen LogP contribution >= 0.6 is 10.7 Å². The van der Waals surface area contributed by atoms with Crippen LogP contribution in [0.2, 0.25) is 0 Å². The number of ether oxygens (including phenoxy) is 1. The van der Waals surface area contributed by atoms with Gasteiger partial charge in [0.1, 0.15) is 5.75 Å². The second-order valence-electron chi connectivity index (χ2n) is 6.74. The molecule has 0 radical (unpaired) electrons. The monoisotopic (exact) mass is 423 g/mol. The van der Waals surface area contributed by atoms with Gasteiger partial charge in [-0.05, 0) is 62.8 Å². The second kappa shape index (κ2) is 8.46. The van der Waals surface area contributed by atoms with E-state index in [1.165, 1.54) is 0 Å². The third-order valence-corrected chi connectivity index (χ3v) is 8.23. The number of benzene rings is 1. The van der Waals surface area contributed by atoms with E-state index in [2.05, 4.69) is 0 Å². The molecule has 2 rings (SSSR count). The Hall–Kier alpha value is -0.830. The molecule has 0 N–H and O–H groups in total. The molecule has 26 heavy (non-hydrogen) atoms. The van der Waals surface area contributed by atoms with Crippen molar-refractivity contribution in [3.05, 3.63) is 23.3 Å². The van der Waals surface area contributed by atoms with Crippen molar-refractivity contribution >= 4 is 29.8 Å². The van der Waals surface area contributed by atoms with Crippen LogP contribution in [0, 0.1) is 13.8 Å². The maximum atomic E-state index is 13.3. The maximum absolute atomic E-state index is 13.3. The molecule has 1 unspecified atom stereocenters. The number of piperidine rings is 1. The largest absolute Gasteiger partial charge is 0.497 e. The van der Waals surface area contributed by atoms with E-state index in [9.17, 15) is 16.8 Å². The Morgan fingerprint density at radius 3 is 2.31 bits per heavy atom. The lowest BCUT2D eigenvalue weighted by Gasteiger charge is -2.35. The molecule has 0 bridgehead atoms. The number of hydrogen-bond acceptors (Lipinski definition) is 5. The van der Waals surface area contributed by atoms with E-state index < -0.39 is 19.1 Å². The standard InChI is InChI=1S/C17H26ClNO5S2/c1-13-11-16(24-3)12-14(2)17(13)26(22,23)19-9-5-4-7-15(19)8-6-10-25(18,20)21/h11-12,15H,4-10H2,1-3H3. The number of hydrogen-bond donors (Lipinski definition) is 0. The van der Waals surface area contributed by atoms with Crippen LogP contribution in [-0.2, 0) is 19.1 Å². The van der Waals surface area contributed by atoms with Crippen LogP contribution in [0.4, 0.5) is 0 Å². The lowest BCUT2D eigenvalue weighted by Crippen LogP contribution is -2.44. The highest BCUT2D eigenvalue weighted by Gasteiger charge is 2.35. The van der Waals surface area contributed by atoms with Crippen molar-refractivity contribution in [1.82, 2.24) is 4.31 Å². The molecule has 1 aromatic carbocycles. The first-order valence-electron chi connectivity index (χ1n) is 8.65. The maximum Gasteiger partial charge on any atom is 0.243 e. The quantitative estimate of drug-likeness (QED) is 0.629.